The minimum atomic E-state index is 0.479. The number of hydrogen-bond acceptors (Lipinski definition) is 4. The first-order valence-corrected chi connectivity index (χ1v) is 8.02. The summed E-state index contributed by atoms with van der Waals surface area (Å²) in [6, 6.07) is 14.1. The molecule has 1 N–H and O–H groups in total. The van der Waals surface area contributed by atoms with Crippen LogP contribution in [-0.4, -0.2) is 21.1 Å². The quantitative estimate of drug-likeness (QED) is 0.562. The smallest absolute Gasteiger partial charge is 0.216 e. The highest BCUT2D eigenvalue weighted by Crippen LogP contribution is 2.22. The molecule has 4 nitrogen and oxygen atoms in total. The molecule has 0 spiro atoms. The van der Waals surface area contributed by atoms with E-state index in [0.717, 1.165) is 21.8 Å². The van der Waals surface area contributed by atoms with Gasteiger partial charge in [0.25, 0.3) is 0 Å². The highest BCUT2D eigenvalue weighted by Gasteiger charge is 2.08. The molecule has 0 atom stereocenters. The predicted octanol–water partition coefficient (Wildman–Crippen LogP) is 4.61. The lowest BCUT2D eigenvalue weighted by molar-refractivity contribution is 0.873. The van der Waals surface area contributed by atoms with Gasteiger partial charge in [0.05, 0.1) is 11.1 Å². The molecule has 0 aliphatic carbocycles. The molecular weight excluding hydrogens is 312 g/mol. The summed E-state index contributed by atoms with van der Waals surface area (Å²) in [4.78, 5) is 1.02. The zero-order chi connectivity index (χ0) is 15.4. The minimum Gasteiger partial charge on any atom is -0.250 e. The van der Waals surface area contributed by atoms with Gasteiger partial charge in [-0.25, -0.2) is 5.10 Å². The van der Waals surface area contributed by atoms with E-state index in [2.05, 4.69) is 33.5 Å². The number of rotatable bonds is 4. The van der Waals surface area contributed by atoms with E-state index in [1.165, 1.54) is 0 Å². The summed E-state index contributed by atoms with van der Waals surface area (Å²) >= 11 is 6.85. The van der Waals surface area contributed by atoms with E-state index in [9.17, 15) is 0 Å². The van der Waals surface area contributed by atoms with E-state index in [1.807, 2.05) is 42.6 Å². The average molecular weight is 326 g/mol. The van der Waals surface area contributed by atoms with Gasteiger partial charge in [0, 0.05) is 0 Å². The summed E-state index contributed by atoms with van der Waals surface area (Å²) in [5.41, 5.74) is 2.17. The van der Waals surface area contributed by atoms with Crippen LogP contribution in [0.25, 0.3) is 16.8 Å². The molecular formula is C16H14N4S2. The molecule has 0 saturated carbocycles. The normalized spacial score (nSPS) is 12.1. The fourth-order valence-electron chi connectivity index (χ4n) is 1.96. The number of aromatic nitrogens is 3. The van der Waals surface area contributed by atoms with Gasteiger partial charge in [-0.05, 0) is 41.7 Å². The molecule has 0 saturated heterocycles. The lowest BCUT2D eigenvalue weighted by Crippen LogP contribution is -1.93. The first-order valence-electron chi connectivity index (χ1n) is 6.73. The molecule has 0 unspecified atom stereocenters. The van der Waals surface area contributed by atoms with Crippen molar-refractivity contribution in [2.75, 3.05) is 0 Å². The van der Waals surface area contributed by atoms with Gasteiger partial charge in [0.1, 0.15) is 0 Å². The van der Waals surface area contributed by atoms with Crippen molar-refractivity contribution in [3.63, 3.8) is 0 Å². The van der Waals surface area contributed by atoms with Crippen LogP contribution in [0.2, 0.25) is 0 Å². The second-order valence-corrected chi connectivity index (χ2v) is 6.02. The van der Waals surface area contributed by atoms with Crippen LogP contribution in [0.15, 0.2) is 58.5 Å². The van der Waals surface area contributed by atoms with Crippen LogP contribution in [0.1, 0.15) is 12.5 Å². The van der Waals surface area contributed by atoms with Crippen LogP contribution in [-0.2, 0) is 0 Å². The molecule has 0 aliphatic heterocycles. The van der Waals surface area contributed by atoms with Crippen LogP contribution in [0.3, 0.4) is 0 Å². The molecule has 6 heteroatoms. The first-order chi connectivity index (χ1) is 10.7. The Morgan fingerprint density at radius 3 is 2.82 bits per heavy atom. The molecule has 0 aliphatic rings. The monoisotopic (exact) mass is 326 g/mol. The summed E-state index contributed by atoms with van der Waals surface area (Å²) < 4.78 is 2.12. The average Bonchev–Trinajstić information content (AvgIpc) is 3.16. The van der Waals surface area contributed by atoms with Gasteiger partial charge in [-0.1, -0.05) is 42.5 Å². The Kier molecular flexibility index (Phi) is 4.41. The van der Waals surface area contributed by atoms with E-state index in [4.69, 9.17) is 12.2 Å². The minimum absolute atomic E-state index is 0.479. The highest BCUT2D eigenvalue weighted by atomic mass is 32.1. The van der Waals surface area contributed by atoms with Crippen LogP contribution in [0, 0.1) is 4.77 Å². The van der Waals surface area contributed by atoms with Crippen molar-refractivity contribution in [1.29, 1.82) is 0 Å². The second-order valence-electron chi connectivity index (χ2n) is 4.69. The number of nitrogens with one attached hydrogen (secondary N) is 1. The number of hydrogen-bond donors (Lipinski definition) is 1. The summed E-state index contributed by atoms with van der Waals surface area (Å²) in [5.74, 6) is 0.726. The number of nitrogens with zero attached hydrogens (tertiary/aromatic N) is 3. The van der Waals surface area contributed by atoms with Crippen molar-refractivity contribution >= 4 is 35.8 Å². The molecule has 1 aromatic carbocycles. The van der Waals surface area contributed by atoms with Crippen molar-refractivity contribution in [2.24, 2.45) is 5.10 Å². The molecule has 0 radical (unpaired) electrons. The maximum absolute atomic E-state index is 5.24. The Morgan fingerprint density at radius 1 is 1.27 bits per heavy atom. The predicted molar refractivity (Wildman–Crippen MR) is 94.7 cm³/mol. The topological polar surface area (TPSA) is 46.0 Å². The third-order valence-corrected chi connectivity index (χ3v) is 4.09. The fraction of sp³-hybridized carbons (Fsp3) is 0.0625. The molecule has 3 rings (SSSR count). The SMILES string of the molecule is CC(=C/c1ccccc1)/C=N/n1c(-c2cccs2)n[nH]c1=S. The van der Waals surface area contributed by atoms with Crippen LogP contribution in [0.5, 0.6) is 0 Å². The van der Waals surface area contributed by atoms with Crippen LogP contribution in [0.4, 0.5) is 0 Å². The van der Waals surface area contributed by atoms with Gasteiger partial charge < -0.3 is 0 Å². The summed E-state index contributed by atoms with van der Waals surface area (Å²) in [5, 5.41) is 13.5. The Hall–Kier alpha value is -2.31. The molecule has 3 aromatic rings. The molecule has 110 valence electrons. The molecule has 22 heavy (non-hydrogen) atoms. The van der Waals surface area contributed by atoms with Crippen LogP contribution >= 0.6 is 23.6 Å². The van der Waals surface area contributed by atoms with E-state index < -0.39 is 0 Å². The van der Waals surface area contributed by atoms with Crippen molar-refractivity contribution in [2.45, 2.75) is 6.92 Å². The van der Waals surface area contributed by atoms with E-state index in [0.29, 0.717) is 4.77 Å². The standard InChI is InChI=1S/C16H14N4S2/c1-12(10-13-6-3-2-4-7-13)11-17-20-15(18-19-16(20)21)14-8-5-9-22-14/h2-11H,1H3,(H,19,21)/b12-10-,17-11+. The molecule has 0 fully saturated rings. The van der Waals surface area contributed by atoms with Crippen molar-refractivity contribution in [3.05, 3.63) is 63.8 Å². The lowest BCUT2D eigenvalue weighted by Gasteiger charge is -1.98. The highest BCUT2D eigenvalue weighted by molar-refractivity contribution is 7.71. The van der Waals surface area contributed by atoms with Crippen molar-refractivity contribution < 1.29 is 0 Å². The Morgan fingerprint density at radius 2 is 2.09 bits per heavy atom. The Labute approximate surface area is 137 Å². The van der Waals surface area contributed by atoms with E-state index in [1.54, 1.807) is 22.2 Å². The Balaban J connectivity index is 1.89. The van der Waals surface area contributed by atoms with Crippen molar-refractivity contribution in [3.8, 4) is 10.7 Å². The number of thiophene rings is 1. The summed E-state index contributed by atoms with van der Waals surface area (Å²) in [6.07, 6.45) is 3.85. The van der Waals surface area contributed by atoms with Gasteiger partial charge >= 0.3 is 0 Å². The Bertz CT molecular complexity index is 855. The maximum atomic E-state index is 5.24. The molecule has 2 heterocycles. The molecule has 0 bridgehead atoms. The third kappa shape index (κ3) is 3.29. The van der Waals surface area contributed by atoms with Gasteiger partial charge in [0.15, 0.2) is 5.82 Å². The number of H-pyrrole nitrogens is 1. The molecule has 0 amide bonds. The maximum Gasteiger partial charge on any atom is 0.216 e. The number of aromatic amines is 1. The largest absolute Gasteiger partial charge is 0.250 e. The first kappa shape index (κ1) is 14.6. The van der Waals surface area contributed by atoms with Crippen molar-refractivity contribution in [1.82, 2.24) is 14.9 Å². The summed E-state index contributed by atoms with van der Waals surface area (Å²) in [6.45, 7) is 2.00. The van der Waals surface area contributed by atoms with Gasteiger partial charge in [-0.2, -0.15) is 14.9 Å². The summed E-state index contributed by atoms with van der Waals surface area (Å²) in [7, 11) is 0. The third-order valence-electron chi connectivity index (χ3n) is 2.96. The zero-order valence-electron chi connectivity index (χ0n) is 11.9. The van der Waals surface area contributed by atoms with Crippen LogP contribution < -0.4 is 0 Å². The zero-order valence-corrected chi connectivity index (χ0v) is 13.6. The lowest BCUT2D eigenvalue weighted by atomic mass is 10.1. The fourth-order valence-corrected chi connectivity index (χ4v) is 2.84. The number of allylic oxidation sites excluding steroid dienone is 1. The molecule has 2 aromatic heterocycles. The second kappa shape index (κ2) is 6.64. The van der Waals surface area contributed by atoms with Gasteiger partial charge in [-0.3, -0.25) is 0 Å². The number of benzene rings is 1. The van der Waals surface area contributed by atoms with Gasteiger partial charge in [0.2, 0.25) is 4.77 Å². The van der Waals surface area contributed by atoms with E-state index in [-0.39, 0.29) is 0 Å². The van der Waals surface area contributed by atoms with E-state index >= 15 is 0 Å². The van der Waals surface area contributed by atoms with Gasteiger partial charge in [-0.15, -0.1) is 11.3 Å².